The molecule has 1 N–H and O–H groups in total. The fourth-order valence-corrected chi connectivity index (χ4v) is 4.61. The molecule has 1 saturated heterocycles. The number of hydrogen-bond donors (Lipinski definition) is 1. The summed E-state index contributed by atoms with van der Waals surface area (Å²) in [5.41, 5.74) is 0. The molecule has 0 aromatic carbocycles. The predicted molar refractivity (Wildman–Crippen MR) is 64.8 cm³/mol. The van der Waals surface area contributed by atoms with Crippen LogP contribution in [-0.4, -0.2) is 43.6 Å². The SMILES string of the molecule is CCCN(C1CC1)S(=O)(=O)C1CCCNC1. The van der Waals surface area contributed by atoms with Crippen LogP contribution in [0.4, 0.5) is 0 Å². The maximum absolute atomic E-state index is 12.4. The zero-order valence-corrected chi connectivity index (χ0v) is 10.8. The second-order valence-electron chi connectivity index (χ2n) is 4.86. The van der Waals surface area contributed by atoms with E-state index in [1.165, 1.54) is 0 Å². The molecule has 1 unspecified atom stereocenters. The molecule has 0 radical (unpaired) electrons. The van der Waals surface area contributed by atoms with E-state index >= 15 is 0 Å². The Morgan fingerprint density at radius 2 is 2.06 bits per heavy atom. The summed E-state index contributed by atoms with van der Waals surface area (Å²) in [6, 6.07) is 0.312. The summed E-state index contributed by atoms with van der Waals surface area (Å²) in [6.07, 6.45) is 4.82. The largest absolute Gasteiger partial charge is 0.315 e. The molecule has 1 aliphatic carbocycles. The molecule has 2 fully saturated rings. The lowest BCUT2D eigenvalue weighted by atomic mass is 10.2. The molecule has 0 spiro atoms. The average molecular weight is 246 g/mol. The molecule has 0 amide bonds. The van der Waals surface area contributed by atoms with Gasteiger partial charge in [0.05, 0.1) is 5.25 Å². The third-order valence-corrected chi connectivity index (χ3v) is 5.78. The van der Waals surface area contributed by atoms with Crippen molar-refractivity contribution in [2.45, 2.75) is 50.3 Å². The Bertz CT molecular complexity index is 319. The van der Waals surface area contributed by atoms with Crippen LogP contribution >= 0.6 is 0 Å². The maximum atomic E-state index is 12.4. The highest BCUT2D eigenvalue weighted by atomic mass is 32.2. The van der Waals surface area contributed by atoms with Crippen LogP contribution in [0.2, 0.25) is 0 Å². The van der Waals surface area contributed by atoms with Crippen molar-refractivity contribution in [3.63, 3.8) is 0 Å². The zero-order chi connectivity index (χ0) is 11.6. The Labute approximate surface area is 98.4 Å². The molecular formula is C11H22N2O2S. The lowest BCUT2D eigenvalue weighted by Gasteiger charge is -2.29. The number of piperidine rings is 1. The third kappa shape index (κ3) is 2.57. The predicted octanol–water partition coefficient (Wildman–Crippen LogP) is 0.943. The number of nitrogens with one attached hydrogen (secondary N) is 1. The molecule has 4 nitrogen and oxygen atoms in total. The number of hydrogen-bond acceptors (Lipinski definition) is 3. The minimum atomic E-state index is -3.05. The second kappa shape index (κ2) is 5.02. The number of nitrogens with zero attached hydrogens (tertiary/aromatic N) is 1. The van der Waals surface area contributed by atoms with Crippen LogP contribution in [0.1, 0.15) is 39.0 Å². The summed E-state index contributed by atoms with van der Waals surface area (Å²) in [6.45, 7) is 4.34. The van der Waals surface area contributed by atoms with Gasteiger partial charge in [-0.25, -0.2) is 8.42 Å². The van der Waals surface area contributed by atoms with E-state index < -0.39 is 10.0 Å². The van der Waals surface area contributed by atoms with E-state index in [1.54, 1.807) is 4.31 Å². The minimum Gasteiger partial charge on any atom is -0.315 e. The van der Waals surface area contributed by atoms with Gasteiger partial charge in [-0.05, 0) is 38.6 Å². The Balaban J connectivity index is 2.07. The molecule has 2 rings (SSSR count). The minimum absolute atomic E-state index is 0.187. The van der Waals surface area contributed by atoms with Crippen molar-refractivity contribution in [2.24, 2.45) is 0 Å². The highest BCUT2D eigenvalue weighted by Crippen LogP contribution is 2.31. The van der Waals surface area contributed by atoms with Gasteiger partial charge in [0, 0.05) is 19.1 Å². The van der Waals surface area contributed by atoms with Crippen molar-refractivity contribution in [1.82, 2.24) is 9.62 Å². The molecule has 94 valence electrons. The van der Waals surface area contributed by atoms with Gasteiger partial charge in [-0.15, -0.1) is 0 Å². The Morgan fingerprint density at radius 3 is 2.56 bits per heavy atom. The molecule has 1 aliphatic heterocycles. The quantitative estimate of drug-likeness (QED) is 0.785. The van der Waals surface area contributed by atoms with Crippen LogP contribution in [-0.2, 0) is 10.0 Å². The molecule has 2 aliphatic rings. The molecule has 1 saturated carbocycles. The first kappa shape index (κ1) is 12.3. The van der Waals surface area contributed by atoms with Crippen molar-refractivity contribution >= 4 is 10.0 Å². The summed E-state index contributed by atoms with van der Waals surface area (Å²) < 4.78 is 26.7. The van der Waals surface area contributed by atoms with Gasteiger partial charge >= 0.3 is 0 Å². The Kier molecular flexibility index (Phi) is 3.87. The van der Waals surface area contributed by atoms with Crippen LogP contribution in [0.5, 0.6) is 0 Å². The highest BCUT2D eigenvalue weighted by Gasteiger charge is 2.40. The van der Waals surface area contributed by atoms with Gasteiger partial charge in [0.2, 0.25) is 10.0 Å². The number of rotatable bonds is 5. The van der Waals surface area contributed by atoms with Gasteiger partial charge in [-0.3, -0.25) is 0 Å². The first-order chi connectivity index (χ1) is 7.66. The lowest BCUT2D eigenvalue weighted by molar-refractivity contribution is 0.383. The smallest absolute Gasteiger partial charge is 0.218 e. The average Bonchev–Trinajstić information content (AvgIpc) is 3.11. The van der Waals surface area contributed by atoms with Crippen LogP contribution in [0.25, 0.3) is 0 Å². The van der Waals surface area contributed by atoms with E-state index in [0.717, 1.165) is 38.6 Å². The summed E-state index contributed by atoms with van der Waals surface area (Å²) >= 11 is 0. The standard InChI is InChI=1S/C11H22N2O2S/c1-2-8-13(10-5-6-10)16(14,15)11-4-3-7-12-9-11/h10-12H,2-9H2,1H3. The first-order valence-electron chi connectivity index (χ1n) is 6.37. The highest BCUT2D eigenvalue weighted by molar-refractivity contribution is 7.89. The van der Waals surface area contributed by atoms with E-state index in [1.807, 2.05) is 6.92 Å². The lowest BCUT2D eigenvalue weighted by Crippen LogP contribution is -2.47. The topological polar surface area (TPSA) is 49.4 Å². The molecule has 1 heterocycles. The first-order valence-corrected chi connectivity index (χ1v) is 7.88. The van der Waals surface area contributed by atoms with Crippen molar-refractivity contribution in [3.8, 4) is 0 Å². The zero-order valence-electron chi connectivity index (χ0n) is 9.98. The summed E-state index contributed by atoms with van der Waals surface area (Å²) in [5, 5.41) is 3.00. The summed E-state index contributed by atoms with van der Waals surface area (Å²) in [7, 11) is -3.05. The molecular weight excluding hydrogens is 224 g/mol. The van der Waals surface area contributed by atoms with E-state index in [4.69, 9.17) is 0 Å². The van der Waals surface area contributed by atoms with Crippen molar-refractivity contribution in [3.05, 3.63) is 0 Å². The van der Waals surface area contributed by atoms with Crippen LogP contribution < -0.4 is 5.32 Å². The van der Waals surface area contributed by atoms with Crippen LogP contribution in [0.3, 0.4) is 0 Å². The molecule has 1 atom stereocenters. The van der Waals surface area contributed by atoms with E-state index in [-0.39, 0.29) is 5.25 Å². The van der Waals surface area contributed by atoms with Gasteiger partial charge in [0.25, 0.3) is 0 Å². The van der Waals surface area contributed by atoms with Gasteiger partial charge in [0.1, 0.15) is 0 Å². The monoisotopic (exact) mass is 246 g/mol. The Hall–Kier alpha value is -0.130. The van der Waals surface area contributed by atoms with Gasteiger partial charge in [0.15, 0.2) is 0 Å². The van der Waals surface area contributed by atoms with Crippen LogP contribution in [0.15, 0.2) is 0 Å². The molecule has 0 bridgehead atoms. The van der Waals surface area contributed by atoms with Crippen molar-refractivity contribution < 1.29 is 8.42 Å². The van der Waals surface area contributed by atoms with Gasteiger partial charge < -0.3 is 5.32 Å². The van der Waals surface area contributed by atoms with Gasteiger partial charge in [-0.2, -0.15) is 4.31 Å². The van der Waals surface area contributed by atoms with E-state index in [2.05, 4.69) is 5.32 Å². The normalized spacial score (nSPS) is 27.2. The van der Waals surface area contributed by atoms with E-state index in [9.17, 15) is 8.42 Å². The van der Waals surface area contributed by atoms with Crippen molar-refractivity contribution in [1.29, 1.82) is 0 Å². The summed E-state index contributed by atoms with van der Waals surface area (Å²) in [5.74, 6) is 0. The molecule has 0 aromatic rings. The Morgan fingerprint density at radius 1 is 1.31 bits per heavy atom. The van der Waals surface area contributed by atoms with Crippen LogP contribution in [0, 0.1) is 0 Å². The molecule has 0 aromatic heterocycles. The fraction of sp³-hybridized carbons (Fsp3) is 1.00. The van der Waals surface area contributed by atoms with E-state index in [0.29, 0.717) is 19.1 Å². The third-order valence-electron chi connectivity index (χ3n) is 3.40. The molecule has 16 heavy (non-hydrogen) atoms. The second-order valence-corrected chi connectivity index (χ2v) is 7.02. The maximum Gasteiger partial charge on any atom is 0.218 e. The summed E-state index contributed by atoms with van der Waals surface area (Å²) in [4.78, 5) is 0. The van der Waals surface area contributed by atoms with Gasteiger partial charge in [-0.1, -0.05) is 6.92 Å². The molecule has 5 heteroatoms. The number of sulfonamides is 1. The van der Waals surface area contributed by atoms with Crippen molar-refractivity contribution in [2.75, 3.05) is 19.6 Å². The fourth-order valence-electron chi connectivity index (χ4n) is 2.37.